The summed E-state index contributed by atoms with van der Waals surface area (Å²) in [5.74, 6) is 0.735. The van der Waals surface area contributed by atoms with Gasteiger partial charge in [0.25, 0.3) is 0 Å². The van der Waals surface area contributed by atoms with Gasteiger partial charge in [-0.15, -0.1) is 0 Å². The van der Waals surface area contributed by atoms with Crippen molar-refractivity contribution < 1.29 is 14.2 Å². The van der Waals surface area contributed by atoms with Crippen LogP contribution in [0.25, 0.3) is 0 Å². The van der Waals surface area contributed by atoms with Crippen LogP contribution < -0.4 is 5.32 Å². The maximum atomic E-state index is 6.16. The van der Waals surface area contributed by atoms with Gasteiger partial charge in [-0.05, 0) is 51.0 Å². The second-order valence-electron chi connectivity index (χ2n) is 6.20. The van der Waals surface area contributed by atoms with Crippen molar-refractivity contribution in [1.29, 1.82) is 0 Å². The Balaban J connectivity index is 1.89. The molecule has 118 valence electrons. The molecule has 20 heavy (non-hydrogen) atoms. The van der Waals surface area contributed by atoms with Crippen molar-refractivity contribution in [3.63, 3.8) is 0 Å². The lowest BCUT2D eigenvalue weighted by atomic mass is 9.77. The molecule has 0 amide bonds. The molecule has 4 heteroatoms. The van der Waals surface area contributed by atoms with Crippen molar-refractivity contribution in [1.82, 2.24) is 5.32 Å². The van der Waals surface area contributed by atoms with Crippen LogP contribution in [0, 0.1) is 5.92 Å². The van der Waals surface area contributed by atoms with Crippen LogP contribution in [-0.4, -0.2) is 51.7 Å². The van der Waals surface area contributed by atoms with Gasteiger partial charge in [0.1, 0.15) is 0 Å². The second kappa shape index (κ2) is 8.32. The zero-order chi connectivity index (χ0) is 14.3. The van der Waals surface area contributed by atoms with E-state index in [4.69, 9.17) is 14.2 Å². The van der Waals surface area contributed by atoms with Gasteiger partial charge in [-0.3, -0.25) is 0 Å². The fourth-order valence-electron chi connectivity index (χ4n) is 3.72. The van der Waals surface area contributed by atoms with Crippen molar-refractivity contribution in [3.05, 3.63) is 0 Å². The quantitative estimate of drug-likeness (QED) is 0.729. The fraction of sp³-hybridized carbons (Fsp3) is 1.00. The summed E-state index contributed by atoms with van der Waals surface area (Å²) in [6.07, 6.45) is 6.87. The predicted molar refractivity (Wildman–Crippen MR) is 80.0 cm³/mol. The molecule has 0 aliphatic carbocycles. The van der Waals surface area contributed by atoms with Crippen LogP contribution in [0.2, 0.25) is 0 Å². The molecule has 2 fully saturated rings. The largest absolute Gasteiger partial charge is 0.385 e. The van der Waals surface area contributed by atoms with E-state index in [1.54, 1.807) is 7.11 Å². The van der Waals surface area contributed by atoms with Crippen LogP contribution >= 0.6 is 0 Å². The Bertz CT molecular complexity index is 261. The summed E-state index contributed by atoms with van der Waals surface area (Å²) in [6, 6.07) is 0.610. The topological polar surface area (TPSA) is 39.7 Å². The number of rotatable bonds is 7. The lowest BCUT2D eigenvalue weighted by Crippen LogP contribution is -2.49. The summed E-state index contributed by atoms with van der Waals surface area (Å²) in [5, 5.41) is 3.69. The van der Waals surface area contributed by atoms with Gasteiger partial charge in [0, 0.05) is 39.6 Å². The average molecular weight is 285 g/mol. The molecule has 0 aromatic rings. The summed E-state index contributed by atoms with van der Waals surface area (Å²) in [7, 11) is 1.79. The molecule has 4 nitrogen and oxygen atoms in total. The molecule has 2 heterocycles. The van der Waals surface area contributed by atoms with Crippen molar-refractivity contribution in [2.24, 2.45) is 5.92 Å². The highest BCUT2D eigenvalue weighted by Crippen LogP contribution is 2.38. The van der Waals surface area contributed by atoms with Gasteiger partial charge in [0.15, 0.2) is 0 Å². The first kappa shape index (κ1) is 16.2. The van der Waals surface area contributed by atoms with Crippen molar-refractivity contribution in [3.8, 4) is 0 Å². The third kappa shape index (κ3) is 4.42. The van der Waals surface area contributed by atoms with E-state index in [1.807, 2.05) is 0 Å². The number of nitrogens with one attached hydrogen (secondary N) is 1. The van der Waals surface area contributed by atoms with Gasteiger partial charge in [0.2, 0.25) is 0 Å². The molecule has 0 aromatic carbocycles. The summed E-state index contributed by atoms with van der Waals surface area (Å²) in [5.41, 5.74) is 0.107. The standard InChI is InChI=1S/C16H31NO3/c1-3-17-15(5-4-9-18-2)14-6-10-20-16(13-14)7-11-19-12-8-16/h14-15,17H,3-13H2,1-2H3. The maximum Gasteiger partial charge on any atom is 0.0729 e. The molecule has 1 N–H and O–H groups in total. The molecule has 2 unspecified atom stereocenters. The molecule has 0 aromatic heterocycles. The van der Waals surface area contributed by atoms with E-state index in [-0.39, 0.29) is 5.60 Å². The third-order valence-electron chi connectivity index (χ3n) is 4.83. The molecule has 2 aliphatic rings. The monoisotopic (exact) mass is 285 g/mol. The molecule has 1 spiro atoms. The van der Waals surface area contributed by atoms with E-state index >= 15 is 0 Å². The Morgan fingerprint density at radius 1 is 1.30 bits per heavy atom. The van der Waals surface area contributed by atoms with Gasteiger partial charge < -0.3 is 19.5 Å². The fourth-order valence-corrected chi connectivity index (χ4v) is 3.72. The summed E-state index contributed by atoms with van der Waals surface area (Å²) in [6.45, 7) is 6.75. The molecule has 0 radical (unpaired) electrons. The van der Waals surface area contributed by atoms with E-state index in [9.17, 15) is 0 Å². The van der Waals surface area contributed by atoms with Gasteiger partial charge in [-0.1, -0.05) is 6.92 Å². The maximum absolute atomic E-state index is 6.16. The Kier molecular flexibility index (Phi) is 6.75. The predicted octanol–water partition coefficient (Wildman–Crippen LogP) is 2.37. The smallest absolute Gasteiger partial charge is 0.0729 e. The Labute approximate surface area is 123 Å². The highest BCUT2D eigenvalue weighted by Gasteiger charge is 2.40. The normalized spacial score (nSPS) is 27.6. The van der Waals surface area contributed by atoms with E-state index in [0.29, 0.717) is 6.04 Å². The number of hydrogen-bond donors (Lipinski definition) is 1. The first-order valence-corrected chi connectivity index (χ1v) is 8.24. The summed E-state index contributed by atoms with van der Waals surface area (Å²) >= 11 is 0. The molecule has 2 rings (SSSR count). The highest BCUT2D eigenvalue weighted by molar-refractivity contribution is 4.92. The summed E-state index contributed by atoms with van der Waals surface area (Å²) < 4.78 is 16.9. The van der Waals surface area contributed by atoms with Gasteiger partial charge in [0.05, 0.1) is 5.60 Å². The van der Waals surface area contributed by atoms with Crippen LogP contribution in [0.3, 0.4) is 0 Å². The average Bonchev–Trinajstić information content (AvgIpc) is 2.47. The molecule has 0 bridgehead atoms. The minimum atomic E-state index is 0.107. The van der Waals surface area contributed by atoms with Gasteiger partial charge in [-0.25, -0.2) is 0 Å². The molecular formula is C16H31NO3. The van der Waals surface area contributed by atoms with Crippen LogP contribution in [-0.2, 0) is 14.2 Å². The minimum absolute atomic E-state index is 0.107. The Morgan fingerprint density at radius 2 is 2.10 bits per heavy atom. The first-order valence-electron chi connectivity index (χ1n) is 8.24. The molecule has 0 saturated carbocycles. The zero-order valence-electron chi connectivity index (χ0n) is 13.2. The first-order chi connectivity index (χ1) is 9.79. The van der Waals surface area contributed by atoms with Crippen LogP contribution in [0.5, 0.6) is 0 Å². The molecule has 2 atom stereocenters. The lowest BCUT2D eigenvalue weighted by molar-refractivity contribution is -0.150. The van der Waals surface area contributed by atoms with Crippen LogP contribution in [0.15, 0.2) is 0 Å². The van der Waals surface area contributed by atoms with E-state index in [1.165, 1.54) is 19.3 Å². The Morgan fingerprint density at radius 3 is 2.80 bits per heavy atom. The lowest BCUT2D eigenvalue weighted by Gasteiger charge is -2.45. The van der Waals surface area contributed by atoms with E-state index in [0.717, 1.165) is 58.2 Å². The number of methoxy groups -OCH3 is 1. The number of hydrogen-bond acceptors (Lipinski definition) is 4. The van der Waals surface area contributed by atoms with Crippen molar-refractivity contribution >= 4 is 0 Å². The SMILES string of the molecule is CCNC(CCCOC)C1CCOC2(CCOCC2)C1. The number of ether oxygens (including phenoxy) is 3. The van der Waals surface area contributed by atoms with E-state index in [2.05, 4.69) is 12.2 Å². The molecular weight excluding hydrogens is 254 g/mol. The Hall–Kier alpha value is -0.160. The van der Waals surface area contributed by atoms with Gasteiger partial charge >= 0.3 is 0 Å². The minimum Gasteiger partial charge on any atom is -0.385 e. The van der Waals surface area contributed by atoms with Crippen LogP contribution in [0.1, 0.15) is 45.4 Å². The highest BCUT2D eigenvalue weighted by atomic mass is 16.5. The molecule has 2 saturated heterocycles. The van der Waals surface area contributed by atoms with Gasteiger partial charge in [-0.2, -0.15) is 0 Å². The summed E-state index contributed by atoms with van der Waals surface area (Å²) in [4.78, 5) is 0. The van der Waals surface area contributed by atoms with Crippen LogP contribution in [0.4, 0.5) is 0 Å². The van der Waals surface area contributed by atoms with Crippen molar-refractivity contribution in [2.45, 2.75) is 57.1 Å². The second-order valence-corrected chi connectivity index (χ2v) is 6.20. The zero-order valence-corrected chi connectivity index (χ0v) is 13.2. The van der Waals surface area contributed by atoms with Crippen molar-refractivity contribution in [2.75, 3.05) is 40.1 Å². The van der Waals surface area contributed by atoms with E-state index < -0.39 is 0 Å². The molecule has 2 aliphatic heterocycles. The third-order valence-corrected chi connectivity index (χ3v) is 4.83.